The van der Waals surface area contributed by atoms with Gasteiger partial charge in [-0.3, -0.25) is 0 Å². The summed E-state index contributed by atoms with van der Waals surface area (Å²) in [6, 6.07) is 0. The molecule has 1 heteroatoms. The molecule has 0 aliphatic heterocycles. The Morgan fingerprint density at radius 1 is 0.895 bits per heavy atom. The standard InChI is InChI=1S/C18H30O/c1-17-7-3-4-15(17)14-11-12-10-13(19)5-9-18(12,2)16(14)6-8-17/h12-16,19H,3-11H2,1-2H3/t12?,13?,14?,15?,16?,17?,18-/m0/s1. The molecule has 4 fully saturated rings. The molecule has 0 radical (unpaired) electrons. The van der Waals surface area contributed by atoms with E-state index in [1.54, 1.807) is 0 Å². The van der Waals surface area contributed by atoms with Crippen LogP contribution < -0.4 is 0 Å². The van der Waals surface area contributed by atoms with E-state index in [1.165, 1.54) is 44.9 Å². The SMILES string of the molecule is CC12CCCC1C1CC3CC(O)CC[C@]3(C)C1CC2. The minimum Gasteiger partial charge on any atom is -0.393 e. The van der Waals surface area contributed by atoms with Crippen LogP contribution in [0.5, 0.6) is 0 Å². The van der Waals surface area contributed by atoms with Crippen LogP contribution in [-0.2, 0) is 0 Å². The van der Waals surface area contributed by atoms with E-state index in [4.69, 9.17) is 0 Å². The van der Waals surface area contributed by atoms with Crippen molar-refractivity contribution in [3.05, 3.63) is 0 Å². The summed E-state index contributed by atoms with van der Waals surface area (Å²) in [7, 11) is 0. The monoisotopic (exact) mass is 262 g/mol. The van der Waals surface area contributed by atoms with E-state index in [1.807, 2.05) is 0 Å². The van der Waals surface area contributed by atoms with Gasteiger partial charge in [0.2, 0.25) is 0 Å². The predicted molar refractivity (Wildman–Crippen MR) is 77.7 cm³/mol. The molecule has 1 N–H and O–H groups in total. The second-order valence-electron chi connectivity index (χ2n) is 8.83. The zero-order valence-electron chi connectivity index (χ0n) is 12.7. The highest BCUT2D eigenvalue weighted by molar-refractivity contribution is 5.09. The highest BCUT2D eigenvalue weighted by Crippen LogP contribution is 2.68. The number of hydrogen-bond acceptors (Lipinski definition) is 1. The molecule has 0 aromatic rings. The lowest BCUT2D eigenvalue weighted by Gasteiger charge is -2.49. The Morgan fingerprint density at radius 3 is 2.58 bits per heavy atom. The molecule has 0 amide bonds. The normalized spacial score (nSPS) is 60.5. The maximum absolute atomic E-state index is 10.0. The molecule has 0 saturated heterocycles. The van der Waals surface area contributed by atoms with Crippen LogP contribution in [0.4, 0.5) is 0 Å². The molecular formula is C18H30O. The number of aliphatic hydroxyl groups is 1. The first-order chi connectivity index (χ1) is 9.03. The molecule has 19 heavy (non-hydrogen) atoms. The van der Waals surface area contributed by atoms with E-state index in [0.717, 1.165) is 36.5 Å². The van der Waals surface area contributed by atoms with Gasteiger partial charge in [0.1, 0.15) is 0 Å². The summed E-state index contributed by atoms with van der Waals surface area (Å²) < 4.78 is 0. The fraction of sp³-hybridized carbons (Fsp3) is 1.00. The Kier molecular flexibility index (Phi) is 2.67. The maximum Gasteiger partial charge on any atom is 0.0543 e. The molecule has 7 atom stereocenters. The summed E-state index contributed by atoms with van der Waals surface area (Å²) in [5.41, 5.74) is 1.26. The molecule has 1 nitrogen and oxygen atoms in total. The van der Waals surface area contributed by atoms with Crippen LogP contribution in [0.3, 0.4) is 0 Å². The van der Waals surface area contributed by atoms with Crippen molar-refractivity contribution in [3.63, 3.8) is 0 Å². The van der Waals surface area contributed by atoms with Crippen LogP contribution >= 0.6 is 0 Å². The van der Waals surface area contributed by atoms with Crippen molar-refractivity contribution in [2.45, 2.75) is 77.7 Å². The molecule has 6 unspecified atom stereocenters. The van der Waals surface area contributed by atoms with Crippen molar-refractivity contribution in [2.24, 2.45) is 34.5 Å². The van der Waals surface area contributed by atoms with Gasteiger partial charge in [-0.25, -0.2) is 0 Å². The molecule has 4 saturated carbocycles. The van der Waals surface area contributed by atoms with Crippen molar-refractivity contribution in [2.75, 3.05) is 0 Å². The van der Waals surface area contributed by atoms with Gasteiger partial charge < -0.3 is 5.11 Å². The Balaban J connectivity index is 1.65. The molecule has 0 aromatic heterocycles. The zero-order valence-corrected chi connectivity index (χ0v) is 12.7. The highest BCUT2D eigenvalue weighted by Gasteiger charge is 2.60. The third-order valence-corrected chi connectivity index (χ3v) is 8.13. The van der Waals surface area contributed by atoms with Crippen molar-refractivity contribution >= 4 is 0 Å². The average molecular weight is 262 g/mol. The lowest BCUT2D eigenvalue weighted by atomic mass is 9.56. The second-order valence-corrected chi connectivity index (χ2v) is 8.83. The first-order valence-corrected chi connectivity index (χ1v) is 8.71. The van der Waals surface area contributed by atoms with Gasteiger partial charge in [0.15, 0.2) is 0 Å². The van der Waals surface area contributed by atoms with E-state index in [0.29, 0.717) is 10.8 Å². The van der Waals surface area contributed by atoms with E-state index < -0.39 is 0 Å². The van der Waals surface area contributed by atoms with E-state index in [2.05, 4.69) is 13.8 Å². The van der Waals surface area contributed by atoms with Crippen molar-refractivity contribution in [1.82, 2.24) is 0 Å². The third kappa shape index (κ3) is 1.63. The summed E-state index contributed by atoms with van der Waals surface area (Å²) in [6.07, 6.45) is 12.4. The smallest absolute Gasteiger partial charge is 0.0543 e. The fourth-order valence-corrected chi connectivity index (χ4v) is 7.01. The van der Waals surface area contributed by atoms with Crippen LogP contribution in [0.15, 0.2) is 0 Å². The highest BCUT2D eigenvalue weighted by atomic mass is 16.3. The molecule has 0 aromatic carbocycles. The van der Waals surface area contributed by atoms with Gasteiger partial charge in [0.25, 0.3) is 0 Å². The Bertz CT molecular complexity index is 378. The summed E-state index contributed by atoms with van der Waals surface area (Å²) >= 11 is 0. The van der Waals surface area contributed by atoms with Crippen LogP contribution in [-0.4, -0.2) is 11.2 Å². The van der Waals surface area contributed by atoms with Gasteiger partial charge >= 0.3 is 0 Å². The molecule has 4 rings (SSSR count). The third-order valence-electron chi connectivity index (χ3n) is 8.13. The number of fused-ring (bicyclic) bond motifs is 5. The Labute approximate surface area is 118 Å². The average Bonchev–Trinajstić information content (AvgIpc) is 2.87. The van der Waals surface area contributed by atoms with Crippen molar-refractivity contribution < 1.29 is 5.11 Å². The van der Waals surface area contributed by atoms with Gasteiger partial charge in [-0.05, 0) is 85.9 Å². The quantitative estimate of drug-likeness (QED) is 0.686. The number of aliphatic hydroxyl groups excluding tert-OH is 1. The lowest BCUT2D eigenvalue weighted by Crippen LogP contribution is -2.42. The summed E-state index contributed by atoms with van der Waals surface area (Å²) in [4.78, 5) is 0. The second kappa shape index (κ2) is 4.00. The number of hydrogen-bond donors (Lipinski definition) is 1. The molecule has 4 aliphatic rings. The molecule has 0 bridgehead atoms. The molecular weight excluding hydrogens is 232 g/mol. The molecule has 4 aliphatic carbocycles. The molecule has 108 valence electrons. The Hall–Kier alpha value is -0.0400. The predicted octanol–water partition coefficient (Wildman–Crippen LogP) is 4.39. The van der Waals surface area contributed by atoms with Gasteiger partial charge in [-0.15, -0.1) is 0 Å². The first kappa shape index (κ1) is 12.7. The molecule has 0 heterocycles. The van der Waals surface area contributed by atoms with Crippen LogP contribution in [0.25, 0.3) is 0 Å². The Morgan fingerprint density at radius 2 is 1.74 bits per heavy atom. The summed E-state index contributed by atoms with van der Waals surface area (Å²) in [5.74, 6) is 3.84. The summed E-state index contributed by atoms with van der Waals surface area (Å²) in [6.45, 7) is 5.16. The fourth-order valence-electron chi connectivity index (χ4n) is 7.01. The van der Waals surface area contributed by atoms with Gasteiger partial charge in [0.05, 0.1) is 6.10 Å². The lowest BCUT2D eigenvalue weighted by molar-refractivity contribution is -0.0184. The van der Waals surface area contributed by atoms with Gasteiger partial charge in [-0.2, -0.15) is 0 Å². The first-order valence-electron chi connectivity index (χ1n) is 8.71. The van der Waals surface area contributed by atoms with E-state index >= 15 is 0 Å². The zero-order chi connectivity index (χ0) is 13.3. The van der Waals surface area contributed by atoms with Crippen molar-refractivity contribution in [1.29, 1.82) is 0 Å². The largest absolute Gasteiger partial charge is 0.393 e. The van der Waals surface area contributed by atoms with Gasteiger partial charge in [0, 0.05) is 0 Å². The minimum atomic E-state index is 0.00758. The maximum atomic E-state index is 10.0. The summed E-state index contributed by atoms with van der Waals surface area (Å²) in [5, 5.41) is 10.0. The molecule has 0 spiro atoms. The van der Waals surface area contributed by atoms with Gasteiger partial charge in [-0.1, -0.05) is 20.3 Å². The number of rotatable bonds is 0. The van der Waals surface area contributed by atoms with Crippen LogP contribution in [0.2, 0.25) is 0 Å². The van der Waals surface area contributed by atoms with Crippen molar-refractivity contribution in [3.8, 4) is 0 Å². The van der Waals surface area contributed by atoms with Crippen LogP contribution in [0, 0.1) is 34.5 Å². The van der Waals surface area contributed by atoms with E-state index in [-0.39, 0.29) is 6.10 Å². The van der Waals surface area contributed by atoms with E-state index in [9.17, 15) is 5.11 Å². The topological polar surface area (TPSA) is 20.2 Å². The minimum absolute atomic E-state index is 0.00758. The van der Waals surface area contributed by atoms with Crippen LogP contribution in [0.1, 0.15) is 71.6 Å².